The van der Waals surface area contributed by atoms with Crippen LogP contribution in [0.5, 0.6) is 0 Å². The summed E-state index contributed by atoms with van der Waals surface area (Å²) in [5, 5.41) is 0. The lowest BCUT2D eigenvalue weighted by Gasteiger charge is -2.31. The molecular formula is C33H46O3. The maximum absolute atomic E-state index is 13.4. The highest BCUT2D eigenvalue weighted by molar-refractivity contribution is 6.00. The topological polar surface area (TPSA) is 43.4 Å². The molecule has 196 valence electrons. The molecule has 0 N–H and O–H groups in total. The minimum Gasteiger partial charge on any atom is -0.504 e. The molecule has 1 aromatic rings. The number of rotatable bonds is 15. The van der Waals surface area contributed by atoms with Gasteiger partial charge >= 0.3 is 0 Å². The van der Waals surface area contributed by atoms with Gasteiger partial charge in [-0.05, 0) is 82.2 Å². The van der Waals surface area contributed by atoms with Crippen LogP contribution in [0.4, 0.5) is 0 Å². The van der Waals surface area contributed by atoms with E-state index in [1.165, 1.54) is 17.4 Å². The molecule has 1 atom stereocenters. The number of hydrogen-bond donors (Lipinski definition) is 0. The number of allylic oxidation sites excluding steroid dienone is 8. The molecule has 0 aliphatic carbocycles. The maximum Gasteiger partial charge on any atom is 0.167 e. The minimum atomic E-state index is -0.455. The maximum atomic E-state index is 13.4. The molecule has 0 saturated carbocycles. The van der Waals surface area contributed by atoms with Crippen molar-refractivity contribution in [3.8, 4) is 0 Å². The van der Waals surface area contributed by atoms with Gasteiger partial charge < -0.3 is 4.74 Å². The van der Waals surface area contributed by atoms with Gasteiger partial charge in [0.25, 0.3) is 0 Å². The summed E-state index contributed by atoms with van der Waals surface area (Å²) in [7, 11) is 1.54. The minimum absolute atomic E-state index is 0.00540. The van der Waals surface area contributed by atoms with Crippen molar-refractivity contribution in [1.29, 1.82) is 0 Å². The Morgan fingerprint density at radius 2 is 1.69 bits per heavy atom. The summed E-state index contributed by atoms with van der Waals surface area (Å²) in [4.78, 5) is 26.6. The number of carbonyl (C=O) groups excluding carboxylic acids is 2. The Kier molecular flexibility index (Phi) is 13.2. The summed E-state index contributed by atoms with van der Waals surface area (Å²) in [5.74, 6) is 0.189. The van der Waals surface area contributed by atoms with Crippen LogP contribution in [0, 0.1) is 6.92 Å². The number of ether oxygens (including phenoxy) is 1. The molecule has 36 heavy (non-hydrogen) atoms. The highest BCUT2D eigenvalue weighted by Gasteiger charge is 2.31. The van der Waals surface area contributed by atoms with Crippen molar-refractivity contribution in [2.45, 2.75) is 92.4 Å². The van der Waals surface area contributed by atoms with E-state index in [9.17, 15) is 9.59 Å². The summed E-state index contributed by atoms with van der Waals surface area (Å²) in [6, 6.07) is 8.37. The van der Waals surface area contributed by atoms with E-state index in [1.54, 1.807) is 7.11 Å². The second-order valence-electron chi connectivity index (χ2n) is 10.2. The van der Waals surface area contributed by atoms with Crippen molar-refractivity contribution >= 4 is 11.6 Å². The zero-order chi connectivity index (χ0) is 27.3. The SMILES string of the molecule is C=C(C)C(=COC)C(=O)CC(C)(CCC(=CC(C=CC)=C(C)C)C(=O)CCCC)c1ccc(C)cc1. The number of Topliss-reactive ketones (excluding diaryl/α,β-unsaturated/α-hetero) is 2. The van der Waals surface area contributed by atoms with Crippen molar-refractivity contribution in [1.82, 2.24) is 0 Å². The van der Waals surface area contributed by atoms with Crippen LogP contribution < -0.4 is 0 Å². The van der Waals surface area contributed by atoms with Crippen molar-refractivity contribution in [3.63, 3.8) is 0 Å². The number of unbranched alkanes of at least 4 members (excludes halogenated alkanes) is 1. The number of benzene rings is 1. The van der Waals surface area contributed by atoms with Crippen LogP contribution in [0.2, 0.25) is 0 Å². The fourth-order valence-electron chi connectivity index (χ4n) is 4.19. The average molecular weight is 491 g/mol. The lowest BCUT2D eigenvalue weighted by molar-refractivity contribution is -0.116. The Balaban J connectivity index is 3.47. The highest BCUT2D eigenvalue weighted by atomic mass is 16.5. The van der Waals surface area contributed by atoms with Gasteiger partial charge in [0.1, 0.15) is 0 Å². The molecule has 3 nitrogen and oxygen atoms in total. The molecule has 3 heteroatoms. The zero-order valence-corrected chi connectivity index (χ0v) is 23.8. The van der Waals surface area contributed by atoms with Crippen LogP contribution in [-0.2, 0) is 19.7 Å². The molecule has 1 unspecified atom stereocenters. The summed E-state index contributed by atoms with van der Waals surface area (Å²) < 4.78 is 5.17. The summed E-state index contributed by atoms with van der Waals surface area (Å²) in [6.07, 6.45) is 11.6. The third kappa shape index (κ3) is 9.60. The first-order valence-corrected chi connectivity index (χ1v) is 13.0. The van der Waals surface area contributed by atoms with Gasteiger partial charge in [-0.2, -0.15) is 0 Å². The van der Waals surface area contributed by atoms with Crippen LogP contribution in [-0.4, -0.2) is 18.7 Å². The van der Waals surface area contributed by atoms with E-state index in [1.807, 2.05) is 19.9 Å². The first kappa shape index (κ1) is 31.1. The molecule has 0 radical (unpaired) electrons. The van der Waals surface area contributed by atoms with Crippen molar-refractivity contribution in [2.24, 2.45) is 0 Å². The highest BCUT2D eigenvalue weighted by Crippen LogP contribution is 2.36. The normalized spacial score (nSPS) is 13.9. The van der Waals surface area contributed by atoms with Crippen LogP contribution >= 0.6 is 0 Å². The molecule has 0 fully saturated rings. The molecule has 1 rings (SSSR count). The Hall–Kier alpha value is -2.94. The van der Waals surface area contributed by atoms with Gasteiger partial charge in [-0.25, -0.2) is 0 Å². The van der Waals surface area contributed by atoms with Crippen LogP contribution in [0.1, 0.15) is 91.2 Å². The van der Waals surface area contributed by atoms with Gasteiger partial charge in [-0.3, -0.25) is 9.59 Å². The van der Waals surface area contributed by atoms with E-state index in [4.69, 9.17) is 4.74 Å². The predicted octanol–water partition coefficient (Wildman–Crippen LogP) is 8.70. The second-order valence-corrected chi connectivity index (χ2v) is 10.2. The molecule has 0 saturated heterocycles. The smallest absolute Gasteiger partial charge is 0.167 e. The third-order valence-electron chi connectivity index (χ3n) is 6.61. The van der Waals surface area contributed by atoms with E-state index in [-0.39, 0.29) is 11.6 Å². The summed E-state index contributed by atoms with van der Waals surface area (Å²) in [5.41, 5.74) is 6.06. The molecule has 0 heterocycles. The number of carbonyl (C=O) groups is 2. The predicted molar refractivity (Wildman–Crippen MR) is 153 cm³/mol. The molecular weight excluding hydrogens is 444 g/mol. The Morgan fingerprint density at radius 3 is 2.19 bits per heavy atom. The molecule has 0 aliphatic rings. The van der Waals surface area contributed by atoms with Gasteiger partial charge in [-0.1, -0.05) is 74.4 Å². The Labute approximate surface area is 219 Å². The van der Waals surface area contributed by atoms with Crippen LogP contribution in [0.3, 0.4) is 0 Å². The van der Waals surface area contributed by atoms with E-state index in [0.29, 0.717) is 36.8 Å². The summed E-state index contributed by atoms with van der Waals surface area (Å²) >= 11 is 0. The molecule has 0 aromatic heterocycles. The van der Waals surface area contributed by atoms with Gasteiger partial charge in [0.05, 0.1) is 18.9 Å². The number of methoxy groups -OCH3 is 1. The van der Waals surface area contributed by atoms with Crippen LogP contribution in [0.25, 0.3) is 0 Å². The average Bonchev–Trinajstić information content (AvgIpc) is 2.82. The Morgan fingerprint density at radius 1 is 1.06 bits per heavy atom. The molecule has 0 spiro atoms. The van der Waals surface area contributed by atoms with Gasteiger partial charge in [0.15, 0.2) is 11.6 Å². The number of hydrogen-bond acceptors (Lipinski definition) is 3. The quantitative estimate of drug-likeness (QED) is 0.140. The lowest BCUT2D eigenvalue weighted by Crippen LogP contribution is -2.27. The van der Waals surface area contributed by atoms with Crippen molar-refractivity contribution < 1.29 is 14.3 Å². The van der Waals surface area contributed by atoms with Gasteiger partial charge in [0.2, 0.25) is 0 Å². The zero-order valence-electron chi connectivity index (χ0n) is 23.8. The molecule has 0 amide bonds. The fraction of sp³-hybridized carbons (Fsp3) is 0.455. The molecule has 1 aromatic carbocycles. The van der Waals surface area contributed by atoms with Crippen molar-refractivity contribution in [2.75, 3.05) is 7.11 Å². The molecule has 0 bridgehead atoms. The van der Waals surface area contributed by atoms with E-state index in [0.717, 1.165) is 29.6 Å². The summed E-state index contributed by atoms with van der Waals surface area (Å²) in [6.45, 7) is 18.2. The van der Waals surface area contributed by atoms with E-state index in [2.05, 4.69) is 77.6 Å². The first-order valence-electron chi connectivity index (χ1n) is 13.0. The van der Waals surface area contributed by atoms with E-state index < -0.39 is 5.41 Å². The third-order valence-corrected chi connectivity index (χ3v) is 6.61. The van der Waals surface area contributed by atoms with Gasteiger partial charge in [0, 0.05) is 18.3 Å². The fourth-order valence-corrected chi connectivity index (χ4v) is 4.19. The Bertz CT molecular complexity index is 1030. The van der Waals surface area contributed by atoms with Gasteiger partial charge in [-0.15, -0.1) is 0 Å². The largest absolute Gasteiger partial charge is 0.504 e. The standard InChI is InChI=1S/C33H46O3/c1-10-12-14-31(34)28(21-27(13-11-2)24(3)4)19-20-33(8,29-17-15-26(7)16-18-29)22-32(35)30(23-36-9)25(5)6/h11,13,15-18,21,23H,5,10,12,14,19-20,22H2,1-4,6-9H3. The molecule has 0 aliphatic heterocycles. The number of aryl methyl sites for hydroxylation is 1. The lowest BCUT2D eigenvalue weighted by atomic mass is 9.72. The van der Waals surface area contributed by atoms with Crippen molar-refractivity contribution in [3.05, 3.63) is 94.3 Å². The number of ketones is 2. The first-order chi connectivity index (χ1) is 17.0. The van der Waals surface area contributed by atoms with Crippen LogP contribution in [0.15, 0.2) is 83.2 Å². The second kappa shape index (κ2) is 15.2. The van der Waals surface area contributed by atoms with E-state index >= 15 is 0 Å². The monoisotopic (exact) mass is 490 g/mol.